The molecule has 0 amide bonds. The number of para-hydroxylation sites is 2. The molecule has 0 saturated carbocycles. The second-order valence-corrected chi connectivity index (χ2v) is 11.1. The summed E-state index contributed by atoms with van der Waals surface area (Å²) in [6.45, 7) is 0. The van der Waals surface area contributed by atoms with Crippen molar-refractivity contribution in [2.24, 2.45) is 0 Å². The number of benzene rings is 7. The van der Waals surface area contributed by atoms with Crippen molar-refractivity contribution < 1.29 is 4.42 Å². The van der Waals surface area contributed by atoms with Gasteiger partial charge in [-0.15, -0.1) is 0 Å². The molecule has 2 heteroatoms. The van der Waals surface area contributed by atoms with Gasteiger partial charge in [0.15, 0.2) is 0 Å². The highest BCUT2D eigenvalue weighted by Crippen LogP contribution is 2.38. The van der Waals surface area contributed by atoms with E-state index in [-0.39, 0.29) is 0 Å². The predicted molar refractivity (Wildman–Crippen MR) is 185 cm³/mol. The fraction of sp³-hybridized carbons (Fsp3) is 0. The molecule has 8 aromatic rings. The molecule has 0 unspecified atom stereocenters. The van der Waals surface area contributed by atoms with Gasteiger partial charge in [-0.3, -0.25) is 0 Å². The third-order valence-corrected chi connectivity index (χ3v) is 8.23. The Morgan fingerprint density at radius 3 is 1.70 bits per heavy atom. The molecule has 0 saturated heterocycles. The number of hydrogen-bond acceptors (Lipinski definition) is 2. The van der Waals surface area contributed by atoms with Gasteiger partial charge in [0.25, 0.3) is 0 Å². The van der Waals surface area contributed by atoms with Gasteiger partial charge in [0, 0.05) is 28.0 Å². The number of hydrogen-bond donors (Lipinski definition) is 0. The smallest absolute Gasteiger partial charge is 0.135 e. The first kappa shape index (κ1) is 25.8. The number of nitrogens with zero attached hydrogens (tertiary/aromatic N) is 1. The molecule has 0 radical (unpaired) electrons. The summed E-state index contributed by atoms with van der Waals surface area (Å²) in [5.74, 6) is 0.885. The molecule has 0 atom stereocenters. The van der Waals surface area contributed by atoms with Gasteiger partial charge in [-0.2, -0.15) is 0 Å². The molecule has 0 spiro atoms. The van der Waals surface area contributed by atoms with Gasteiger partial charge in [0.2, 0.25) is 0 Å². The van der Waals surface area contributed by atoms with Gasteiger partial charge in [-0.1, -0.05) is 115 Å². The Morgan fingerprint density at radius 1 is 0.318 bits per heavy atom. The van der Waals surface area contributed by atoms with Crippen LogP contribution in [0.4, 0.5) is 17.1 Å². The van der Waals surface area contributed by atoms with E-state index in [4.69, 9.17) is 4.42 Å². The Balaban J connectivity index is 1.14. The summed E-state index contributed by atoms with van der Waals surface area (Å²) in [5, 5.41) is 3.51. The predicted octanol–water partition coefficient (Wildman–Crippen LogP) is 12.1. The monoisotopic (exact) mass is 563 g/mol. The van der Waals surface area contributed by atoms with E-state index in [0.717, 1.165) is 39.4 Å². The van der Waals surface area contributed by atoms with Gasteiger partial charge in [0.1, 0.15) is 11.3 Å². The molecular formula is C42H29NO. The average molecular weight is 564 g/mol. The summed E-state index contributed by atoms with van der Waals surface area (Å²) in [7, 11) is 0. The van der Waals surface area contributed by atoms with Crippen LogP contribution in [0, 0.1) is 0 Å². The zero-order chi connectivity index (χ0) is 29.3. The van der Waals surface area contributed by atoms with Crippen molar-refractivity contribution in [3.05, 3.63) is 176 Å². The van der Waals surface area contributed by atoms with Crippen LogP contribution in [0.15, 0.2) is 180 Å². The minimum atomic E-state index is 0.885. The molecule has 8 rings (SSSR count). The first-order valence-electron chi connectivity index (χ1n) is 14.9. The highest BCUT2D eigenvalue weighted by molar-refractivity contribution is 5.93. The fourth-order valence-electron chi connectivity index (χ4n) is 5.99. The zero-order valence-corrected chi connectivity index (χ0v) is 24.1. The lowest BCUT2D eigenvalue weighted by Crippen LogP contribution is -2.09. The van der Waals surface area contributed by atoms with E-state index >= 15 is 0 Å². The van der Waals surface area contributed by atoms with Crippen molar-refractivity contribution in [3.63, 3.8) is 0 Å². The van der Waals surface area contributed by atoms with Gasteiger partial charge in [-0.25, -0.2) is 0 Å². The molecule has 44 heavy (non-hydrogen) atoms. The van der Waals surface area contributed by atoms with Crippen molar-refractivity contribution in [2.75, 3.05) is 4.90 Å². The van der Waals surface area contributed by atoms with E-state index in [2.05, 4.69) is 163 Å². The molecule has 0 aliphatic rings. The van der Waals surface area contributed by atoms with Gasteiger partial charge in [-0.05, 0) is 93.7 Å². The van der Waals surface area contributed by atoms with Crippen LogP contribution in [0.1, 0.15) is 0 Å². The Bertz CT molecular complexity index is 2180. The molecule has 0 aliphatic carbocycles. The maximum Gasteiger partial charge on any atom is 0.135 e. The number of rotatable bonds is 6. The summed E-state index contributed by atoms with van der Waals surface area (Å²) < 4.78 is 6.15. The van der Waals surface area contributed by atoms with E-state index in [1.807, 2.05) is 18.2 Å². The molecule has 208 valence electrons. The molecule has 1 aromatic heterocycles. The zero-order valence-electron chi connectivity index (χ0n) is 24.1. The maximum atomic E-state index is 6.15. The SMILES string of the molecule is c1ccc(-c2ccc(N(c3ccccc3)c3ccc4cc(-c5cccc(-c6cc7ccccc7o6)c5)ccc4c3)cc2)cc1. The summed E-state index contributed by atoms with van der Waals surface area (Å²) >= 11 is 0. The quantitative estimate of drug-likeness (QED) is 0.200. The van der Waals surface area contributed by atoms with Crippen molar-refractivity contribution >= 4 is 38.8 Å². The van der Waals surface area contributed by atoms with E-state index in [9.17, 15) is 0 Å². The number of furan rings is 1. The van der Waals surface area contributed by atoms with Crippen LogP contribution in [-0.4, -0.2) is 0 Å². The van der Waals surface area contributed by atoms with Crippen molar-refractivity contribution in [1.29, 1.82) is 0 Å². The topological polar surface area (TPSA) is 16.4 Å². The lowest BCUT2D eigenvalue weighted by atomic mass is 9.98. The fourth-order valence-corrected chi connectivity index (χ4v) is 5.99. The summed E-state index contributed by atoms with van der Waals surface area (Å²) in [6.07, 6.45) is 0. The summed E-state index contributed by atoms with van der Waals surface area (Å²) in [6, 6.07) is 62.2. The number of fused-ring (bicyclic) bond motifs is 2. The Hall–Kier alpha value is -5.86. The Kier molecular flexibility index (Phi) is 6.51. The van der Waals surface area contributed by atoms with Crippen LogP contribution in [0.5, 0.6) is 0 Å². The van der Waals surface area contributed by atoms with E-state index in [0.29, 0.717) is 0 Å². The molecule has 0 bridgehead atoms. The van der Waals surface area contributed by atoms with Crippen LogP contribution in [0.2, 0.25) is 0 Å². The third kappa shape index (κ3) is 4.93. The highest BCUT2D eigenvalue weighted by Gasteiger charge is 2.14. The maximum absolute atomic E-state index is 6.15. The van der Waals surface area contributed by atoms with Crippen LogP contribution in [0.25, 0.3) is 55.3 Å². The first-order chi connectivity index (χ1) is 21.8. The van der Waals surface area contributed by atoms with Crippen LogP contribution in [-0.2, 0) is 0 Å². The lowest BCUT2D eigenvalue weighted by Gasteiger charge is -2.26. The van der Waals surface area contributed by atoms with Crippen molar-refractivity contribution in [2.45, 2.75) is 0 Å². The molecule has 1 heterocycles. The summed E-state index contributed by atoms with van der Waals surface area (Å²) in [4.78, 5) is 2.32. The second-order valence-electron chi connectivity index (χ2n) is 11.1. The Labute approximate surface area is 257 Å². The van der Waals surface area contributed by atoms with Crippen molar-refractivity contribution in [1.82, 2.24) is 0 Å². The molecule has 0 fully saturated rings. The van der Waals surface area contributed by atoms with E-state index < -0.39 is 0 Å². The number of anilines is 3. The van der Waals surface area contributed by atoms with Crippen molar-refractivity contribution in [3.8, 4) is 33.6 Å². The molecule has 2 nitrogen and oxygen atoms in total. The minimum Gasteiger partial charge on any atom is -0.456 e. The standard InChI is InChI=1S/C42H29NO/c1-3-10-30(11-4-1)31-20-23-39(24-21-31)43(38-15-5-2-6-16-38)40-25-22-34-26-33(18-19-35(34)28-40)32-13-9-14-36(27-32)42-29-37-12-7-8-17-41(37)44-42/h1-29H. The first-order valence-corrected chi connectivity index (χ1v) is 14.9. The van der Waals surface area contributed by atoms with Crippen LogP contribution < -0.4 is 4.90 Å². The van der Waals surface area contributed by atoms with Crippen LogP contribution in [0.3, 0.4) is 0 Å². The lowest BCUT2D eigenvalue weighted by molar-refractivity contribution is 0.631. The molecule has 0 aliphatic heterocycles. The largest absolute Gasteiger partial charge is 0.456 e. The van der Waals surface area contributed by atoms with Gasteiger partial charge in [0.05, 0.1) is 0 Å². The minimum absolute atomic E-state index is 0.885. The molecular weight excluding hydrogens is 534 g/mol. The normalized spacial score (nSPS) is 11.2. The van der Waals surface area contributed by atoms with Gasteiger partial charge >= 0.3 is 0 Å². The van der Waals surface area contributed by atoms with Gasteiger partial charge < -0.3 is 9.32 Å². The second kappa shape index (κ2) is 11.1. The summed E-state index contributed by atoms with van der Waals surface area (Å²) in [5.41, 5.74) is 10.1. The average Bonchev–Trinajstić information content (AvgIpc) is 3.54. The van der Waals surface area contributed by atoms with E-state index in [1.54, 1.807) is 0 Å². The molecule has 0 N–H and O–H groups in total. The Morgan fingerprint density at radius 2 is 0.886 bits per heavy atom. The highest BCUT2D eigenvalue weighted by atomic mass is 16.3. The van der Waals surface area contributed by atoms with Crippen LogP contribution >= 0.6 is 0 Å². The molecule has 7 aromatic carbocycles. The van der Waals surface area contributed by atoms with E-state index in [1.165, 1.54) is 33.0 Å². The third-order valence-electron chi connectivity index (χ3n) is 8.23.